The number of piperidine rings is 1. The van der Waals surface area contributed by atoms with E-state index in [0.29, 0.717) is 29.7 Å². The lowest BCUT2D eigenvalue weighted by molar-refractivity contribution is -0.121. The van der Waals surface area contributed by atoms with Crippen LogP contribution in [0.4, 0.5) is 0 Å². The number of para-hydroxylation sites is 1. The van der Waals surface area contributed by atoms with Gasteiger partial charge in [-0.2, -0.15) is 0 Å². The fourth-order valence-electron chi connectivity index (χ4n) is 2.81. The van der Waals surface area contributed by atoms with Crippen LogP contribution < -0.4 is 15.4 Å². The molecule has 2 rings (SSSR count). The van der Waals surface area contributed by atoms with Crippen molar-refractivity contribution in [1.29, 1.82) is 0 Å². The second-order valence-electron chi connectivity index (χ2n) is 6.11. The van der Waals surface area contributed by atoms with Crippen LogP contribution in [0, 0.1) is 5.92 Å². The van der Waals surface area contributed by atoms with Gasteiger partial charge in [0, 0.05) is 6.42 Å². The van der Waals surface area contributed by atoms with Gasteiger partial charge in [-0.25, -0.2) is 0 Å². The van der Waals surface area contributed by atoms with Crippen LogP contribution in [0.2, 0.25) is 5.02 Å². The van der Waals surface area contributed by atoms with Crippen molar-refractivity contribution in [3.63, 3.8) is 0 Å². The summed E-state index contributed by atoms with van der Waals surface area (Å²) in [6.07, 6.45) is 4.71. The molecular weight excluding hydrogens is 312 g/mol. The van der Waals surface area contributed by atoms with Crippen LogP contribution >= 0.6 is 11.6 Å². The van der Waals surface area contributed by atoms with Crippen LogP contribution in [-0.4, -0.2) is 31.6 Å². The molecule has 128 valence electrons. The van der Waals surface area contributed by atoms with Gasteiger partial charge in [-0.1, -0.05) is 30.7 Å². The Kier molecular flexibility index (Phi) is 7.69. The first-order valence-electron chi connectivity index (χ1n) is 8.57. The Hall–Kier alpha value is -1.26. The number of nitrogens with one attached hydrogen (secondary N) is 2. The fourth-order valence-corrected chi connectivity index (χ4v) is 2.99. The van der Waals surface area contributed by atoms with Crippen molar-refractivity contribution in [3.05, 3.63) is 29.3 Å². The topological polar surface area (TPSA) is 50.4 Å². The number of benzene rings is 1. The number of hydrogen-bond donors (Lipinski definition) is 2. The van der Waals surface area contributed by atoms with E-state index in [4.69, 9.17) is 16.3 Å². The van der Waals surface area contributed by atoms with Gasteiger partial charge in [0.05, 0.1) is 11.6 Å². The number of rotatable bonds is 8. The quantitative estimate of drug-likeness (QED) is 0.764. The zero-order chi connectivity index (χ0) is 16.5. The second-order valence-corrected chi connectivity index (χ2v) is 6.52. The van der Waals surface area contributed by atoms with E-state index in [1.54, 1.807) is 6.07 Å². The number of halogens is 1. The van der Waals surface area contributed by atoms with Crippen LogP contribution in [0.1, 0.15) is 39.0 Å². The molecule has 2 N–H and O–H groups in total. The largest absolute Gasteiger partial charge is 0.487 e. The van der Waals surface area contributed by atoms with Gasteiger partial charge in [-0.15, -0.1) is 0 Å². The summed E-state index contributed by atoms with van der Waals surface area (Å²) in [5.74, 6) is 1.47. The van der Waals surface area contributed by atoms with Gasteiger partial charge in [-0.05, 0) is 56.8 Å². The zero-order valence-corrected chi connectivity index (χ0v) is 14.6. The summed E-state index contributed by atoms with van der Waals surface area (Å²) >= 11 is 6.11. The van der Waals surface area contributed by atoms with Crippen molar-refractivity contribution in [2.24, 2.45) is 5.92 Å². The Morgan fingerprint density at radius 2 is 2.13 bits per heavy atom. The molecule has 1 fully saturated rings. The molecule has 23 heavy (non-hydrogen) atoms. The predicted octanol–water partition coefficient (Wildman–Crippen LogP) is 3.39. The molecule has 1 saturated heterocycles. The molecule has 1 heterocycles. The average molecular weight is 339 g/mol. The maximum atomic E-state index is 12.0. The minimum absolute atomic E-state index is 0.0577. The molecule has 0 aliphatic carbocycles. The van der Waals surface area contributed by atoms with Gasteiger partial charge in [0.1, 0.15) is 11.9 Å². The summed E-state index contributed by atoms with van der Waals surface area (Å²) in [6.45, 7) is 4.72. The summed E-state index contributed by atoms with van der Waals surface area (Å²) in [4.78, 5) is 12.0. The second kappa shape index (κ2) is 9.78. The van der Waals surface area contributed by atoms with Crippen molar-refractivity contribution >= 4 is 17.5 Å². The smallest absolute Gasteiger partial charge is 0.220 e. The fraction of sp³-hybridized carbons (Fsp3) is 0.611. The van der Waals surface area contributed by atoms with Crippen LogP contribution in [0.3, 0.4) is 0 Å². The molecule has 5 heteroatoms. The molecule has 0 bridgehead atoms. The SMILES string of the molecule is CCC(CNC(=O)CCC1CCNCC1)Oc1ccccc1Cl. The lowest BCUT2D eigenvalue weighted by Gasteiger charge is -2.22. The van der Waals surface area contributed by atoms with Gasteiger partial charge < -0.3 is 15.4 Å². The van der Waals surface area contributed by atoms with Gasteiger partial charge in [0.2, 0.25) is 5.91 Å². The monoisotopic (exact) mass is 338 g/mol. The van der Waals surface area contributed by atoms with Crippen molar-refractivity contribution in [2.75, 3.05) is 19.6 Å². The van der Waals surface area contributed by atoms with Crippen LogP contribution in [0.5, 0.6) is 5.75 Å². The Morgan fingerprint density at radius 1 is 1.39 bits per heavy atom. The molecular formula is C18H27ClN2O2. The van der Waals surface area contributed by atoms with E-state index >= 15 is 0 Å². The number of amides is 1. The Bertz CT molecular complexity index is 490. The third-order valence-electron chi connectivity index (χ3n) is 4.35. The normalized spacial score (nSPS) is 16.8. The van der Waals surface area contributed by atoms with Crippen molar-refractivity contribution < 1.29 is 9.53 Å². The van der Waals surface area contributed by atoms with Gasteiger partial charge in [0.15, 0.2) is 0 Å². The van der Waals surface area contributed by atoms with Crippen molar-refractivity contribution in [2.45, 2.75) is 45.1 Å². The first-order chi connectivity index (χ1) is 11.2. The van der Waals surface area contributed by atoms with E-state index in [2.05, 4.69) is 10.6 Å². The van der Waals surface area contributed by atoms with Gasteiger partial charge >= 0.3 is 0 Å². The Morgan fingerprint density at radius 3 is 2.83 bits per heavy atom. The van der Waals surface area contributed by atoms with E-state index in [-0.39, 0.29) is 12.0 Å². The highest BCUT2D eigenvalue weighted by Gasteiger charge is 2.16. The lowest BCUT2D eigenvalue weighted by atomic mass is 9.93. The molecule has 1 unspecified atom stereocenters. The molecule has 0 saturated carbocycles. The maximum absolute atomic E-state index is 12.0. The predicted molar refractivity (Wildman–Crippen MR) is 94.0 cm³/mol. The minimum Gasteiger partial charge on any atom is -0.487 e. The zero-order valence-electron chi connectivity index (χ0n) is 13.8. The molecule has 0 aromatic heterocycles. The Labute approximate surface area is 143 Å². The van der Waals surface area contributed by atoms with Crippen LogP contribution in [0.25, 0.3) is 0 Å². The maximum Gasteiger partial charge on any atom is 0.220 e. The first kappa shape index (κ1) is 18.1. The summed E-state index contributed by atoms with van der Waals surface area (Å²) in [7, 11) is 0. The number of ether oxygens (including phenoxy) is 1. The number of carbonyl (C=O) groups excluding carboxylic acids is 1. The summed E-state index contributed by atoms with van der Waals surface area (Å²) in [5.41, 5.74) is 0. The third-order valence-corrected chi connectivity index (χ3v) is 4.66. The molecule has 1 aliphatic rings. The third kappa shape index (κ3) is 6.40. The molecule has 1 atom stereocenters. The van der Waals surface area contributed by atoms with Crippen LogP contribution in [-0.2, 0) is 4.79 Å². The van der Waals surface area contributed by atoms with E-state index in [1.165, 1.54) is 12.8 Å². The number of carbonyl (C=O) groups is 1. The molecule has 1 aromatic rings. The minimum atomic E-state index is -0.0577. The first-order valence-corrected chi connectivity index (χ1v) is 8.95. The highest BCUT2D eigenvalue weighted by atomic mass is 35.5. The van der Waals surface area contributed by atoms with Gasteiger partial charge in [0.25, 0.3) is 0 Å². The van der Waals surface area contributed by atoms with E-state index in [0.717, 1.165) is 25.9 Å². The van der Waals surface area contributed by atoms with E-state index in [9.17, 15) is 4.79 Å². The highest BCUT2D eigenvalue weighted by molar-refractivity contribution is 6.32. The molecule has 0 spiro atoms. The van der Waals surface area contributed by atoms with Crippen molar-refractivity contribution in [1.82, 2.24) is 10.6 Å². The van der Waals surface area contributed by atoms with E-state index in [1.807, 2.05) is 25.1 Å². The standard InChI is InChI=1S/C18H27ClN2O2/c1-2-15(23-17-6-4-3-5-16(17)19)13-21-18(22)8-7-14-9-11-20-12-10-14/h3-6,14-15,20H,2,7-13H2,1H3,(H,21,22). The van der Waals surface area contributed by atoms with E-state index < -0.39 is 0 Å². The molecule has 0 radical (unpaired) electrons. The number of hydrogen-bond acceptors (Lipinski definition) is 3. The van der Waals surface area contributed by atoms with Crippen LogP contribution in [0.15, 0.2) is 24.3 Å². The van der Waals surface area contributed by atoms with Crippen molar-refractivity contribution in [3.8, 4) is 5.75 Å². The molecule has 1 amide bonds. The van der Waals surface area contributed by atoms with Gasteiger partial charge in [-0.3, -0.25) is 4.79 Å². The molecule has 4 nitrogen and oxygen atoms in total. The highest BCUT2D eigenvalue weighted by Crippen LogP contribution is 2.24. The molecule has 1 aliphatic heterocycles. The Balaban J connectivity index is 1.69. The summed E-state index contributed by atoms with van der Waals surface area (Å²) in [5, 5.41) is 6.94. The lowest BCUT2D eigenvalue weighted by Crippen LogP contribution is -2.35. The average Bonchev–Trinajstić information content (AvgIpc) is 2.59. The summed E-state index contributed by atoms with van der Waals surface area (Å²) < 4.78 is 5.88. The summed E-state index contributed by atoms with van der Waals surface area (Å²) in [6, 6.07) is 7.43. The molecule has 1 aromatic carbocycles.